The summed E-state index contributed by atoms with van der Waals surface area (Å²) >= 11 is 3.42. The van der Waals surface area contributed by atoms with Gasteiger partial charge in [0.25, 0.3) is 0 Å². The molecule has 2 N–H and O–H groups in total. The van der Waals surface area contributed by atoms with Gasteiger partial charge in [-0.3, -0.25) is 0 Å². The van der Waals surface area contributed by atoms with Crippen LogP contribution in [0.5, 0.6) is 17.5 Å². The van der Waals surface area contributed by atoms with Crippen molar-refractivity contribution in [2.45, 2.75) is 26.9 Å². The Kier molecular flexibility index (Phi) is 4.49. The maximum Gasteiger partial charge on any atom is 0.240 e. The van der Waals surface area contributed by atoms with Crippen LogP contribution in [-0.4, -0.2) is 11.1 Å². The minimum absolute atomic E-state index is 0.00877. The Morgan fingerprint density at radius 3 is 2.60 bits per heavy atom. The monoisotopic (exact) mass is 336 g/mol. The molecule has 0 saturated heterocycles. The predicted molar refractivity (Wildman–Crippen MR) is 83.4 cm³/mol. The second kappa shape index (κ2) is 6.13. The lowest BCUT2D eigenvalue weighted by Crippen LogP contribution is -2.09. The number of nitrogen functional groups attached to an aromatic ring is 1. The van der Waals surface area contributed by atoms with Gasteiger partial charge in [0.05, 0.1) is 11.8 Å². The molecule has 5 heteroatoms. The molecule has 0 radical (unpaired) electrons. The van der Waals surface area contributed by atoms with Crippen LogP contribution in [0.2, 0.25) is 0 Å². The summed E-state index contributed by atoms with van der Waals surface area (Å²) in [6.45, 7) is 5.82. The molecule has 0 amide bonds. The molecule has 0 atom stereocenters. The number of anilines is 1. The SMILES string of the molecule is Cc1cc(Br)ccc1Oc1ccc(N)c(OC(C)C)n1. The van der Waals surface area contributed by atoms with Gasteiger partial charge in [-0.2, -0.15) is 4.98 Å². The van der Waals surface area contributed by atoms with E-state index in [1.807, 2.05) is 39.0 Å². The van der Waals surface area contributed by atoms with Crippen LogP contribution in [0, 0.1) is 6.92 Å². The molecule has 0 bridgehead atoms. The first-order chi connectivity index (χ1) is 9.45. The van der Waals surface area contributed by atoms with Crippen LogP contribution < -0.4 is 15.2 Å². The zero-order valence-electron chi connectivity index (χ0n) is 11.7. The summed E-state index contributed by atoms with van der Waals surface area (Å²) in [5.74, 6) is 1.61. The molecule has 4 nitrogen and oxygen atoms in total. The van der Waals surface area contributed by atoms with Gasteiger partial charge in [0, 0.05) is 10.5 Å². The van der Waals surface area contributed by atoms with E-state index in [1.54, 1.807) is 12.1 Å². The molecule has 0 spiro atoms. The second-order valence-corrected chi connectivity index (χ2v) is 5.64. The van der Waals surface area contributed by atoms with Crippen molar-refractivity contribution in [2.75, 3.05) is 5.73 Å². The third-order valence-corrected chi connectivity index (χ3v) is 3.06. The molecule has 0 aliphatic carbocycles. The van der Waals surface area contributed by atoms with Gasteiger partial charge in [0.2, 0.25) is 11.8 Å². The van der Waals surface area contributed by atoms with E-state index in [4.69, 9.17) is 15.2 Å². The Balaban J connectivity index is 2.25. The predicted octanol–water partition coefficient (Wildman–Crippen LogP) is 4.31. The minimum Gasteiger partial charge on any atom is -0.473 e. The van der Waals surface area contributed by atoms with E-state index >= 15 is 0 Å². The summed E-state index contributed by atoms with van der Waals surface area (Å²) in [5, 5.41) is 0. The van der Waals surface area contributed by atoms with E-state index in [-0.39, 0.29) is 6.10 Å². The van der Waals surface area contributed by atoms with Gasteiger partial charge < -0.3 is 15.2 Å². The summed E-state index contributed by atoms with van der Waals surface area (Å²) < 4.78 is 12.3. The molecule has 0 unspecified atom stereocenters. The van der Waals surface area contributed by atoms with Crippen molar-refractivity contribution in [3.05, 3.63) is 40.4 Å². The van der Waals surface area contributed by atoms with Gasteiger partial charge >= 0.3 is 0 Å². The molecule has 20 heavy (non-hydrogen) atoms. The lowest BCUT2D eigenvalue weighted by molar-refractivity contribution is 0.232. The van der Waals surface area contributed by atoms with Crippen molar-refractivity contribution in [1.29, 1.82) is 0 Å². The van der Waals surface area contributed by atoms with Crippen LogP contribution in [-0.2, 0) is 0 Å². The first kappa shape index (κ1) is 14.7. The van der Waals surface area contributed by atoms with Gasteiger partial charge in [-0.25, -0.2) is 0 Å². The molecular weight excluding hydrogens is 320 g/mol. The van der Waals surface area contributed by atoms with Gasteiger partial charge in [-0.1, -0.05) is 15.9 Å². The third kappa shape index (κ3) is 3.63. The molecule has 0 aliphatic rings. The largest absolute Gasteiger partial charge is 0.473 e. The maximum absolute atomic E-state index is 5.83. The number of hydrogen-bond donors (Lipinski definition) is 1. The average molecular weight is 337 g/mol. The molecule has 1 aromatic carbocycles. The first-order valence-corrected chi connectivity index (χ1v) is 7.12. The number of hydrogen-bond acceptors (Lipinski definition) is 4. The molecule has 0 fully saturated rings. The number of benzene rings is 1. The third-order valence-electron chi connectivity index (χ3n) is 2.56. The Bertz CT molecular complexity index is 615. The highest BCUT2D eigenvalue weighted by molar-refractivity contribution is 9.10. The van der Waals surface area contributed by atoms with Crippen molar-refractivity contribution >= 4 is 21.6 Å². The summed E-state index contributed by atoms with van der Waals surface area (Å²) in [6.07, 6.45) is 0.00877. The fourth-order valence-corrected chi connectivity index (χ4v) is 2.12. The van der Waals surface area contributed by atoms with Crippen LogP contribution in [0.4, 0.5) is 5.69 Å². The summed E-state index contributed by atoms with van der Waals surface area (Å²) in [7, 11) is 0. The molecule has 2 rings (SSSR count). The average Bonchev–Trinajstić information content (AvgIpc) is 2.36. The van der Waals surface area contributed by atoms with Crippen LogP contribution in [0.1, 0.15) is 19.4 Å². The fourth-order valence-electron chi connectivity index (χ4n) is 1.65. The van der Waals surface area contributed by atoms with Crippen molar-refractivity contribution in [3.8, 4) is 17.5 Å². The zero-order chi connectivity index (χ0) is 14.7. The van der Waals surface area contributed by atoms with Gasteiger partial charge in [-0.05, 0) is 50.6 Å². The summed E-state index contributed by atoms with van der Waals surface area (Å²) in [6, 6.07) is 9.25. The van der Waals surface area contributed by atoms with Gasteiger partial charge in [0.1, 0.15) is 5.75 Å². The van der Waals surface area contributed by atoms with Gasteiger partial charge in [0.15, 0.2) is 0 Å². The Labute approximate surface area is 127 Å². The van der Waals surface area contributed by atoms with Crippen molar-refractivity contribution < 1.29 is 9.47 Å². The van der Waals surface area contributed by atoms with E-state index in [0.717, 1.165) is 15.8 Å². The van der Waals surface area contributed by atoms with E-state index in [9.17, 15) is 0 Å². The lowest BCUT2D eigenvalue weighted by atomic mass is 10.2. The van der Waals surface area contributed by atoms with E-state index < -0.39 is 0 Å². The first-order valence-electron chi connectivity index (χ1n) is 6.33. The van der Waals surface area contributed by atoms with Crippen LogP contribution in [0.15, 0.2) is 34.8 Å². The molecule has 106 valence electrons. The fraction of sp³-hybridized carbons (Fsp3) is 0.267. The highest BCUT2D eigenvalue weighted by Gasteiger charge is 2.09. The topological polar surface area (TPSA) is 57.4 Å². The highest BCUT2D eigenvalue weighted by Crippen LogP contribution is 2.29. The zero-order valence-corrected chi connectivity index (χ0v) is 13.3. The van der Waals surface area contributed by atoms with E-state index in [1.165, 1.54) is 0 Å². The van der Waals surface area contributed by atoms with Crippen LogP contribution in [0.25, 0.3) is 0 Å². The number of nitrogens with two attached hydrogens (primary N) is 1. The molecule has 0 saturated carbocycles. The quantitative estimate of drug-likeness (QED) is 0.903. The maximum atomic E-state index is 5.83. The normalized spacial score (nSPS) is 10.7. The van der Waals surface area contributed by atoms with Crippen LogP contribution >= 0.6 is 15.9 Å². The molecule has 1 aromatic heterocycles. The Morgan fingerprint density at radius 2 is 1.95 bits per heavy atom. The molecule has 0 aliphatic heterocycles. The standard InChI is InChI=1S/C15H17BrN2O2/c1-9(2)19-15-12(17)5-7-14(18-15)20-13-6-4-11(16)8-10(13)3/h4-9H,17H2,1-3H3. The molecule has 1 heterocycles. The summed E-state index contributed by atoms with van der Waals surface area (Å²) in [5.41, 5.74) is 7.35. The minimum atomic E-state index is 0.00877. The second-order valence-electron chi connectivity index (χ2n) is 4.72. The Hall–Kier alpha value is -1.75. The number of aromatic nitrogens is 1. The van der Waals surface area contributed by atoms with Crippen molar-refractivity contribution in [2.24, 2.45) is 0 Å². The number of rotatable bonds is 4. The molecule has 2 aromatic rings. The van der Waals surface area contributed by atoms with Gasteiger partial charge in [-0.15, -0.1) is 0 Å². The highest BCUT2D eigenvalue weighted by atomic mass is 79.9. The molecular formula is C15H17BrN2O2. The van der Waals surface area contributed by atoms with Crippen molar-refractivity contribution in [1.82, 2.24) is 4.98 Å². The van der Waals surface area contributed by atoms with E-state index in [2.05, 4.69) is 20.9 Å². The van der Waals surface area contributed by atoms with E-state index in [0.29, 0.717) is 17.4 Å². The number of pyridine rings is 1. The number of nitrogens with zero attached hydrogens (tertiary/aromatic N) is 1. The number of ether oxygens (including phenoxy) is 2. The number of halogens is 1. The lowest BCUT2D eigenvalue weighted by Gasteiger charge is -2.13. The smallest absolute Gasteiger partial charge is 0.240 e. The van der Waals surface area contributed by atoms with Crippen molar-refractivity contribution in [3.63, 3.8) is 0 Å². The number of aryl methyl sites for hydroxylation is 1. The van der Waals surface area contributed by atoms with Crippen LogP contribution in [0.3, 0.4) is 0 Å². The summed E-state index contributed by atoms with van der Waals surface area (Å²) in [4.78, 5) is 4.29. The Morgan fingerprint density at radius 1 is 1.20 bits per heavy atom.